The van der Waals surface area contributed by atoms with E-state index in [2.05, 4.69) is 16.9 Å². The molecule has 0 fully saturated rings. The van der Waals surface area contributed by atoms with Crippen LogP contribution in [0.5, 0.6) is 0 Å². The highest BCUT2D eigenvalue weighted by Gasteiger charge is 2.13. The van der Waals surface area contributed by atoms with E-state index in [1.807, 2.05) is 0 Å². The molecule has 15 heavy (non-hydrogen) atoms. The molecule has 1 aliphatic rings. The average Bonchev–Trinajstić information content (AvgIpc) is 2.26. The maximum atomic E-state index is 5.37. The van der Waals surface area contributed by atoms with E-state index in [-0.39, 0.29) is 0 Å². The topological polar surface area (TPSA) is 37.9 Å². The van der Waals surface area contributed by atoms with Gasteiger partial charge in [0.15, 0.2) is 0 Å². The second kappa shape index (κ2) is 4.86. The summed E-state index contributed by atoms with van der Waals surface area (Å²) in [5.41, 5.74) is 2.31. The number of ether oxygens (including phenoxy) is 1. The lowest BCUT2D eigenvalue weighted by molar-refractivity contribution is 0.108. The highest BCUT2D eigenvalue weighted by molar-refractivity contribution is 7.71. The zero-order valence-electron chi connectivity index (χ0n) is 9.01. The number of H-pyrrole nitrogens is 1. The van der Waals surface area contributed by atoms with Gasteiger partial charge in [0, 0.05) is 24.1 Å². The number of fused-ring (bicyclic) bond motifs is 1. The largest absolute Gasteiger partial charge is 0.376 e. The lowest BCUT2D eigenvalue weighted by Gasteiger charge is -2.16. The van der Waals surface area contributed by atoms with Crippen molar-refractivity contribution in [2.45, 2.75) is 39.2 Å². The standard InChI is InChI=1S/C11H16N2OS/c1-2-3-4-10-12-9-5-6-14-7-8(9)11(15)13-10/h2-7H2,1H3,(H,12,13,15). The molecule has 0 amide bonds. The Hall–Kier alpha value is -0.740. The number of rotatable bonds is 3. The van der Waals surface area contributed by atoms with Crippen molar-refractivity contribution in [2.24, 2.45) is 0 Å². The molecule has 0 bridgehead atoms. The number of nitrogens with zero attached hydrogens (tertiary/aromatic N) is 1. The molecule has 0 saturated heterocycles. The Bertz CT molecular complexity index is 400. The summed E-state index contributed by atoms with van der Waals surface area (Å²) in [5, 5.41) is 0. The Kier molecular flexibility index (Phi) is 3.49. The van der Waals surface area contributed by atoms with E-state index in [0.717, 1.165) is 41.9 Å². The summed E-state index contributed by atoms with van der Waals surface area (Å²) in [6.07, 6.45) is 4.27. The molecule has 2 rings (SSSR count). The van der Waals surface area contributed by atoms with E-state index in [0.29, 0.717) is 6.61 Å². The average molecular weight is 224 g/mol. The Labute approximate surface area is 94.9 Å². The molecule has 0 radical (unpaired) electrons. The predicted molar refractivity (Wildman–Crippen MR) is 61.4 cm³/mol. The number of unbranched alkanes of at least 4 members (excludes halogenated alkanes) is 1. The molecule has 4 heteroatoms. The Morgan fingerprint density at radius 3 is 3.20 bits per heavy atom. The van der Waals surface area contributed by atoms with Crippen LogP contribution in [0.3, 0.4) is 0 Å². The fraction of sp³-hybridized carbons (Fsp3) is 0.636. The molecule has 0 aliphatic carbocycles. The lowest BCUT2D eigenvalue weighted by atomic mass is 10.1. The number of hydrogen-bond donors (Lipinski definition) is 1. The lowest BCUT2D eigenvalue weighted by Crippen LogP contribution is -2.15. The van der Waals surface area contributed by atoms with E-state index >= 15 is 0 Å². The van der Waals surface area contributed by atoms with Gasteiger partial charge in [0.05, 0.1) is 13.2 Å². The third-order valence-corrected chi connectivity index (χ3v) is 3.00. The van der Waals surface area contributed by atoms with Crippen LogP contribution in [0.4, 0.5) is 0 Å². The van der Waals surface area contributed by atoms with E-state index in [1.54, 1.807) is 0 Å². The maximum Gasteiger partial charge on any atom is 0.135 e. The van der Waals surface area contributed by atoms with Crippen LogP contribution in [0.1, 0.15) is 36.8 Å². The zero-order chi connectivity index (χ0) is 10.7. The molecule has 0 atom stereocenters. The van der Waals surface area contributed by atoms with Crippen LogP contribution in [-0.4, -0.2) is 16.6 Å². The quantitative estimate of drug-likeness (QED) is 0.802. The second-order valence-corrected chi connectivity index (χ2v) is 4.24. The number of aryl methyl sites for hydroxylation is 1. The summed E-state index contributed by atoms with van der Waals surface area (Å²) in [4.78, 5) is 7.79. The summed E-state index contributed by atoms with van der Waals surface area (Å²) < 4.78 is 6.09. The second-order valence-electron chi connectivity index (χ2n) is 3.85. The first-order valence-electron chi connectivity index (χ1n) is 5.50. The van der Waals surface area contributed by atoms with Gasteiger partial charge >= 0.3 is 0 Å². The Morgan fingerprint density at radius 2 is 2.40 bits per heavy atom. The Balaban J connectivity index is 2.28. The maximum absolute atomic E-state index is 5.37. The van der Waals surface area contributed by atoms with Gasteiger partial charge < -0.3 is 9.72 Å². The van der Waals surface area contributed by atoms with Crippen LogP contribution >= 0.6 is 12.2 Å². The van der Waals surface area contributed by atoms with Crippen molar-refractivity contribution in [1.29, 1.82) is 0 Å². The van der Waals surface area contributed by atoms with Gasteiger partial charge in [-0.25, -0.2) is 4.98 Å². The molecule has 0 unspecified atom stereocenters. The van der Waals surface area contributed by atoms with Crippen molar-refractivity contribution in [1.82, 2.24) is 9.97 Å². The fourth-order valence-corrected chi connectivity index (χ4v) is 2.06. The van der Waals surface area contributed by atoms with E-state index < -0.39 is 0 Å². The van der Waals surface area contributed by atoms with Gasteiger partial charge in [0.1, 0.15) is 10.5 Å². The van der Waals surface area contributed by atoms with Crippen LogP contribution < -0.4 is 0 Å². The van der Waals surface area contributed by atoms with E-state index in [1.165, 1.54) is 12.1 Å². The normalized spacial score (nSPS) is 15.0. The first-order chi connectivity index (χ1) is 7.31. The predicted octanol–water partition coefficient (Wildman–Crippen LogP) is 2.55. The molecular weight excluding hydrogens is 208 g/mol. The van der Waals surface area contributed by atoms with Gasteiger partial charge in [-0.2, -0.15) is 0 Å². The molecule has 3 nitrogen and oxygen atoms in total. The zero-order valence-corrected chi connectivity index (χ0v) is 9.82. The molecule has 0 spiro atoms. The van der Waals surface area contributed by atoms with Gasteiger partial charge in [-0.1, -0.05) is 25.6 Å². The Morgan fingerprint density at radius 1 is 1.53 bits per heavy atom. The highest BCUT2D eigenvalue weighted by Crippen LogP contribution is 2.15. The number of aromatic nitrogens is 2. The van der Waals surface area contributed by atoms with Crippen LogP contribution in [0.15, 0.2) is 0 Å². The van der Waals surface area contributed by atoms with Crippen molar-refractivity contribution in [3.63, 3.8) is 0 Å². The van der Waals surface area contributed by atoms with Gasteiger partial charge in [-0.05, 0) is 6.42 Å². The summed E-state index contributed by atoms with van der Waals surface area (Å²) in [5.74, 6) is 1.03. The smallest absolute Gasteiger partial charge is 0.135 e. The minimum absolute atomic E-state index is 0.617. The number of hydrogen-bond acceptors (Lipinski definition) is 3. The van der Waals surface area contributed by atoms with Gasteiger partial charge in [-0.15, -0.1) is 0 Å². The van der Waals surface area contributed by atoms with E-state index in [9.17, 15) is 0 Å². The van der Waals surface area contributed by atoms with Crippen molar-refractivity contribution in [3.8, 4) is 0 Å². The summed E-state index contributed by atoms with van der Waals surface area (Å²) >= 11 is 5.27. The molecule has 2 heterocycles. The highest BCUT2D eigenvalue weighted by atomic mass is 32.1. The summed E-state index contributed by atoms with van der Waals surface area (Å²) in [7, 11) is 0. The van der Waals surface area contributed by atoms with Crippen LogP contribution in [0.2, 0.25) is 0 Å². The molecule has 0 saturated carbocycles. The summed E-state index contributed by atoms with van der Waals surface area (Å²) in [6.45, 7) is 3.59. The molecule has 1 aromatic heterocycles. The molecule has 1 N–H and O–H groups in total. The van der Waals surface area contributed by atoms with E-state index in [4.69, 9.17) is 17.0 Å². The molecule has 1 aromatic rings. The third-order valence-electron chi connectivity index (χ3n) is 2.66. The minimum Gasteiger partial charge on any atom is -0.376 e. The molecular formula is C11H16N2OS. The number of aromatic amines is 1. The number of nitrogens with one attached hydrogen (secondary N) is 1. The van der Waals surface area contributed by atoms with Crippen LogP contribution in [0.25, 0.3) is 0 Å². The van der Waals surface area contributed by atoms with Gasteiger partial charge in [0.2, 0.25) is 0 Å². The fourth-order valence-electron chi connectivity index (χ4n) is 1.77. The van der Waals surface area contributed by atoms with Gasteiger partial charge in [0.25, 0.3) is 0 Å². The molecule has 1 aliphatic heterocycles. The van der Waals surface area contributed by atoms with Crippen LogP contribution in [0, 0.1) is 4.64 Å². The first-order valence-corrected chi connectivity index (χ1v) is 5.90. The monoisotopic (exact) mass is 224 g/mol. The third kappa shape index (κ3) is 2.44. The van der Waals surface area contributed by atoms with Gasteiger partial charge in [-0.3, -0.25) is 0 Å². The van der Waals surface area contributed by atoms with Crippen molar-refractivity contribution in [3.05, 3.63) is 21.7 Å². The minimum atomic E-state index is 0.617. The molecule has 82 valence electrons. The van der Waals surface area contributed by atoms with Crippen molar-refractivity contribution >= 4 is 12.2 Å². The SMILES string of the molecule is CCCCc1nc(=S)c2c([nH]1)CCOC2. The molecule has 0 aromatic carbocycles. The summed E-state index contributed by atoms with van der Waals surface area (Å²) in [6, 6.07) is 0. The van der Waals surface area contributed by atoms with Crippen molar-refractivity contribution < 1.29 is 4.74 Å². The first kappa shape index (κ1) is 10.8. The van der Waals surface area contributed by atoms with Crippen molar-refractivity contribution in [2.75, 3.05) is 6.61 Å². The van der Waals surface area contributed by atoms with Crippen LogP contribution in [-0.2, 0) is 24.2 Å².